The van der Waals surface area contributed by atoms with Crippen LogP contribution in [0.25, 0.3) is 0 Å². The molecule has 1 aliphatic rings. The van der Waals surface area contributed by atoms with Crippen LogP contribution in [0.3, 0.4) is 0 Å². The first kappa shape index (κ1) is 24.2. The molecule has 1 fully saturated rings. The number of nitrogens with one attached hydrogen (secondary N) is 1. The maximum absolute atomic E-state index is 13.9. The molecule has 1 N–H and O–H groups in total. The lowest BCUT2D eigenvalue weighted by atomic mass is 9.86. The van der Waals surface area contributed by atoms with Gasteiger partial charge >= 0.3 is 0 Å². The summed E-state index contributed by atoms with van der Waals surface area (Å²) in [4.78, 5) is 23.4. The Kier molecular flexibility index (Phi) is 10.1. The molecule has 0 saturated heterocycles. The molecule has 30 heavy (non-hydrogen) atoms. The zero-order chi connectivity index (χ0) is 21.9. The molecule has 2 rings (SSSR count). The second-order valence-electron chi connectivity index (χ2n) is 7.88. The lowest BCUT2D eigenvalue weighted by Crippen LogP contribution is -2.34. The quantitative estimate of drug-likeness (QED) is 0.210. The summed E-state index contributed by atoms with van der Waals surface area (Å²) in [6.45, 7) is 3.98. The molecule has 7 heteroatoms. The molecule has 0 radical (unpaired) electrons. The molecule has 1 aromatic rings. The minimum atomic E-state index is -1.16. The molecule has 1 atom stereocenters. The van der Waals surface area contributed by atoms with Gasteiger partial charge in [-0.3, -0.25) is 4.79 Å². The molecule has 1 amide bonds. The van der Waals surface area contributed by atoms with Gasteiger partial charge in [-0.25, -0.2) is 0 Å². The number of ether oxygens (including phenoxy) is 1. The molecule has 0 bridgehead atoms. The van der Waals surface area contributed by atoms with Gasteiger partial charge in [0, 0.05) is 7.05 Å². The monoisotopic (exact) mass is 438 g/mol. The van der Waals surface area contributed by atoms with Crippen molar-refractivity contribution in [3.63, 3.8) is 0 Å². The highest BCUT2D eigenvalue weighted by atomic mass is 35.5. The van der Waals surface area contributed by atoms with Crippen molar-refractivity contribution >= 4 is 23.8 Å². The number of carbonyl (C=O) groups is 2. The second-order valence-corrected chi connectivity index (χ2v) is 8.28. The average Bonchev–Trinajstić information content (AvgIpc) is 2.77. The molecule has 0 heterocycles. The van der Waals surface area contributed by atoms with Crippen molar-refractivity contribution in [3.05, 3.63) is 41.2 Å². The lowest BCUT2D eigenvalue weighted by Gasteiger charge is -2.21. The van der Waals surface area contributed by atoms with Crippen LogP contribution in [0.1, 0.15) is 56.9 Å². The number of amides is 1. The van der Waals surface area contributed by atoms with E-state index in [1.807, 2.05) is 0 Å². The van der Waals surface area contributed by atoms with E-state index < -0.39 is 11.8 Å². The zero-order valence-electron chi connectivity index (χ0n) is 17.7. The molecule has 1 aliphatic carbocycles. The van der Waals surface area contributed by atoms with Crippen molar-refractivity contribution < 1.29 is 18.8 Å². The Bertz CT molecular complexity index is 722. The molecule has 5 nitrogen and oxygen atoms in total. The normalized spacial score (nSPS) is 15.3. The van der Waals surface area contributed by atoms with Gasteiger partial charge in [0.1, 0.15) is 23.8 Å². The van der Waals surface area contributed by atoms with E-state index in [1.54, 1.807) is 18.2 Å². The summed E-state index contributed by atoms with van der Waals surface area (Å²) in [5.74, 6) is -0.915. The van der Waals surface area contributed by atoms with Crippen LogP contribution in [-0.4, -0.2) is 31.0 Å². The third kappa shape index (κ3) is 7.31. The van der Waals surface area contributed by atoms with Crippen LogP contribution >= 0.6 is 11.6 Å². The maximum atomic E-state index is 13.9. The number of hydrogen-bond donors (Lipinski definition) is 1. The fraction of sp³-hybridized carbons (Fsp3) is 0.565. The van der Waals surface area contributed by atoms with Gasteiger partial charge in [0.2, 0.25) is 0 Å². The first-order valence-corrected chi connectivity index (χ1v) is 11.1. The fourth-order valence-corrected chi connectivity index (χ4v) is 4.06. The van der Waals surface area contributed by atoms with Crippen molar-refractivity contribution in [1.82, 2.24) is 10.4 Å². The largest absolute Gasteiger partial charge is 0.492 e. The fourth-order valence-electron chi connectivity index (χ4n) is 3.81. The van der Waals surface area contributed by atoms with Gasteiger partial charge in [-0.2, -0.15) is 0 Å². The van der Waals surface area contributed by atoms with Gasteiger partial charge in [0.25, 0.3) is 5.91 Å². The van der Waals surface area contributed by atoms with Crippen LogP contribution in [0.4, 0.5) is 4.48 Å². The van der Waals surface area contributed by atoms with Crippen LogP contribution < -0.4 is 10.1 Å². The minimum Gasteiger partial charge on any atom is -0.492 e. The van der Waals surface area contributed by atoms with Crippen LogP contribution in [0.15, 0.2) is 30.6 Å². The van der Waals surface area contributed by atoms with Gasteiger partial charge in [-0.15, -0.1) is 5.12 Å². The second kappa shape index (κ2) is 12.6. The molecular weight excluding hydrogens is 407 g/mol. The topological polar surface area (TPSA) is 58.6 Å². The lowest BCUT2D eigenvalue weighted by molar-refractivity contribution is -0.148. The number of rotatable bonds is 12. The molecule has 0 aliphatic heterocycles. The third-order valence-corrected chi connectivity index (χ3v) is 5.94. The van der Waals surface area contributed by atoms with Crippen LogP contribution in [0.2, 0.25) is 5.02 Å². The van der Waals surface area contributed by atoms with E-state index in [4.69, 9.17) is 16.3 Å². The first-order valence-electron chi connectivity index (χ1n) is 10.7. The van der Waals surface area contributed by atoms with E-state index in [9.17, 15) is 14.1 Å². The highest BCUT2D eigenvalue weighted by Crippen LogP contribution is 2.29. The molecule has 0 aromatic heterocycles. The van der Waals surface area contributed by atoms with E-state index in [1.165, 1.54) is 45.6 Å². The van der Waals surface area contributed by atoms with E-state index in [0.29, 0.717) is 29.2 Å². The SMILES string of the molecule is C=C(NC)N(F)C(=O)C(C=O)Cc1ccc(OCCCCC2CCCCC2)c(Cl)c1. The van der Waals surface area contributed by atoms with Gasteiger partial charge < -0.3 is 14.8 Å². The summed E-state index contributed by atoms with van der Waals surface area (Å²) in [6, 6.07) is 5.12. The Labute approximate surface area is 183 Å². The number of benzene rings is 1. The van der Waals surface area contributed by atoms with Crippen molar-refractivity contribution in [2.24, 2.45) is 11.8 Å². The molecule has 166 valence electrons. The smallest absolute Gasteiger partial charge is 0.267 e. The van der Waals surface area contributed by atoms with E-state index in [-0.39, 0.29) is 17.4 Å². The Morgan fingerprint density at radius 3 is 2.73 bits per heavy atom. The standard InChI is InChI=1S/C23H32ClFN2O3/c1-17(26-2)27(25)23(29)20(16-28)14-19-11-12-22(21(24)15-19)30-13-7-6-10-18-8-4-3-5-9-18/h11-12,15-16,18,20,26H,1,3-10,13-14H2,2H3. The van der Waals surface area contributed by atoms with Crippen LogP contribution in [0.5, 0.6) is 5.75 Å². The third-order valence-electron chi connectivity index (χ3n) is 5.64. The molecule has 0 spiro atoms. The van der Waals surface area contributed by atoms with Crippen molar-refractivity contribution in [2.45, 2.75) is 57.8 Å². The summed E-state index contributed by atoms with van der Waals surface area (Å²) in [5, 5.41) is 2.70. The number of halogens is 2. The Hall–Kier alpha value is -2.08. The average molecular weight is 439 g/mol. The van der Waals surface area contributed by atoms with Crippen molar-refractivity contribution in [2.75, 3.05) is 13.7 Å². The summed E-state index contributed by atoms with van der Waals surface area (Å²) < 4.78 is 19.7. The number of hydrogen-bond acceptors (Lipinski definition) is 4. The molecule has 1 unspecified atom stereocenters. The predicted octanol–water partition coefficient (Wildman–Crippen LogP) is 5.23. The van der Waals surface area contributed by atoms with Gasteiger partial charge in [0.05, 0.1) is 11.6 Å². The Morgan fingerprint density at radius 1 is 1.37 bits per heavy atom. The first-order chi connectivity index (χ1) is 14.5. The van der Waals surface area contributed by atoms with Crippen molar-refractivity contribution in [1.29, 1.82) is 0 Å². The summed E-state index contributed by atoms with van der Waals surface area (Å²) in [5.41, 5.74) is 0.651. The zero-order valence-corrected chi connectivity index (χ0v) is 18.4. The molecule has 1 saturated carbocycles. The number of carbonyl (C=O) groups excluding carboxylic acids is 2. The Morgan fingerprint density at radius 2 is 2.10 bits per heavy atom. The molecule has 1 aromatic carbocycles. The van der Waals surface area contributed by atoms with E-state index in [0.717, 1.165) is 18.8 Å². The van der Waals surface area contributed by atoms with Gasteiger partial charge in [0.15, 0.2) is 0 Å². The Balaban J connectivity index is 1.81. The number of unbranched alkanes of at least 4 members (excludes halogenated alkanes) is 1. The summed E-state index contributed by atoms with van der Waals surface area (Å²) >= 11 is 6.30. The van der Waals surface area contributed by atoms with E-state index >= 15 is 0 Å². The van der Waals surface area contributed by atoms with Gasteiger partial charge in [-0.1, -0.05) is 67.3 Å². The van der Waals surface area contributed by atoms with Crippen LogP contribution in [0, 0.1) is 11.8 Å². The minimum absolute atomic E-state index is 0.0428. The summed E-state index contributed by atoms with van der Waals surface area (Å²) in [6.07, 6.45) is 10.7. The summed E-state index contributed by atoms with van der Waals surface area (Å²) in [7, 11) is 1.44. The molecular formula is C23H32ClFN2O3. The maximum Gasteiger partial charge on any atom is 0.267 e. The highest BCUT2D eigenvalue weighted by Gasteiger charge is 2.26. The predicted molar refractivity (Wildman–Crippen MR) is 117 cm³/mol. The van der Waals surface area contributed by atoms with E-state index in [2.05, 4.69) is 11.9 Å². The highest BCUT2D eigenvalue weighted by molar-refractivity contribution is 6.32. The van der Waals surface area contributed by atoms with Gasteiger partial charge in [-0.05, 0) is 42.9 Å². The number of nitrogens with zero attached hydrogens (tertiary/aromatic N) is 1. The van der Waals surface area contributed by atoms with Crippen LogP contribution in [-0.2, 0) is 16.0 Å². The number of aldehydes is 1. The van der Waals surface area contributed by atoms with Crippen molar-refractivity contribution in [3.8, 4) is 5.75 Å².